The van der Waals surface area contributed by atoms with Crippen LogP contribution in [0.5, 0.6) is 5.75 Å². The second-order valence-electron chi connectivity index (χ2n) is 7.09. The van der Waals surface area contributed by atoms with E-state index in [9.17, 15) is 24.3 Å². The molecule has 0 spiro atoms. The van der Waals surface area contributed by atoms with E-state index in [-0.39, 0.29) is 42.5 Å². The Morgan fingerprint density at radius 3 is 2.13 bits per heavy atom. The highest BCUT2D eigenvalue weighted by Gasteiger charge is 2.32. The molecule has 156 valence electrons. The maximum Gasteiger partial charge on any atom is 0.273 e. The first-order valence-electron chi connectivity index (χ1n) is 9.72. The molecule has 1 aliphatic rings. The fourth-order valence-electron chi connectivity index (χ4n) is 3.60. The van der Waals surface area contributed by atoms with Gasteiger partial charge in [-0.2, -0.15) is 0 Å². The van der Waals surface area contributed by atoms with Crippen LogP contribution in [0, 0.1) is 0 Å². The Labute approximate surface area is 177 Å². The number of benzene rings is 3. The molecule has 0 unspecified atom stereocenters. The molecule has 4 rings (SSSR count). The van der Waals surface area contributed by atoms with Gasteiger partial charge in [-0.15, -0.1) is 0 Å². The molecule has 1 heterocycles. The molecule has 3 aromatic rings. The Bertz CT molecular complexity index is 1170. The van der Waals surface area contributed by atoms with Crippen LogP contribution in [0.3, 0.4) is 0 Å². The molecule has 31 heavy (non-hydrogen) atoms. The van der Waals surface area contributed by atoms with Crippen LogP contribution in [0.4, 0.5) is 0 Å². The summed E-state index contributed by atoms with van der Waals surface area (Å²) >= 11 is 0. The highest BCUT2D eigenvalue weighted by molar-refractivity contribution is 6.25. The number of carbonyl (C=O) groups is 4. The van der Waals surface area contributed by atoms with E-state index in [0.29, 0.717) is 16.5 Å². The number of carbonyl (C=O) groups excluding carboxylic acids is 4. The zero-order chi connectivity index (χ0) is 22.0. The number of rotatable bonds is 5. The third-order valence-electron chi connectivity index (χ3n) is 5.11. The first-order valence-corrected chi connectivity index (χ1v) is 9.72. The van der Waals surface area contributed by atoms with Crippen molar-refractivity contribution >= 4 is 34.4 Å². The predicted molar refractivity (Wildman–Crippen MR) is 112 cm³/mol. The summed E-state index contributed by atoms with van der Waals surface area (Å²) in [5, 5.41) is 11.1. The lowest BCUT2D eigenvalue weighted by Gasteiger charge is -2.27. The van der Waals surface area contributed by atoms with E-state index < -0.39 is 11.8 Å². The fourth-order valence-corrected chi connectivity index (χ4v) is 3.60. The van der Waals surface area contributed by atoms with E-state index in [1.165, 1.54) is 12.1 Å². The summed E-state index contributed by atoms with van der Waals surface area (Å²) in [5.74, 6) is -2.11. The highest BCUT2D eigenvalue weighted by Crippen LogP contribution is 2.30. The van der Waals surface area contributed by atoms with E-state index in [4.69, 9.17) is 0 Å². The Morgan fingerprint density at radius 2 is 1.48 bits per heavy atom. The number of hydrogen-bond donors (Lipinski definition) is 3. The quantitative estimate of drug-likeness (QED) is 0.435. The number of amides is 4. The largest absolute Gasteiger partial charge is 0.507 e. The number of nitrogens with zero attached hydrogens (tertiary/aromatic N) is 1. The second kappa shape index (κ2) is 8.27. The van der Waals surface area contributed by atoms with Crippen molar-refractivity contribution in [1.82, 2.24) is 15.8 Å². The lowest BCUT2D eigenvalue weighted by Crippen LogP contribution is -2.43. The van der Waals surface area contributed by atoms with E-state index in [0.717, 1.165) is 10.3 Å². The Hall–Kier alpha value is -4.20. The van der Waals surface area contributed by atoms with Crippen LogP contribution >= 0.6 is 0 Å². The van der Waals surface area contributed by atoms with Crippen molar-refractivity contribution in [3.8, 4) is 5.75 Å². The minimum atomic E-state index is -0.655. The van der Waals surface area contributed by atoms with Crippen LogP contribution in [0.15, 0.2) is 60.7 Å². The third kappa shape index (κ3) is 3.83. The van der Waals surface area contributed by atoms with Crippen molar-refractivity contribution in [1.29, 1.82) is 0 Å². The standard InChI is InChI=1S/C23H19N3O5/c27-18-11-2-1-8-15(18)21(29)25-24-19(28)12-5-13-26-22(30)16-9-3-6-14-7-4-10-17(20(14)16)23(26)31/h1-4,6-11,27H,5,12-13H2,(H,24,28)(H,25,29). The molecule has 3 aromatic carbocycles. The summed E-state index contributed by atoms with van der Waals surface area (Å²) in [6, 6.07) is 16.6. The van der Waals surface area contributed by atoms with Gasteiger partial charge in [-0.3, -0.25) is 34.9 Å². The number of imide groups is 1. The molecule has 0 atom stereocenters. The minimum Gasteiger partial charge on any atom is -0.507 e. The molecule has 0 fully saturated rings. The Balaban J connectivity index is 1.34. The van der Waals surface area contributed by atoms with Crippen LogP contribution in [0.1, 0.15) is 43.9 Å². The van der Waals surface area contributed by atoms with Crippen molar-refractivity contribution in [2.75, 3.05) is 6.54 Å². The maximum absolute atomic E-state index is 12.8. The summed E-state index contributed by atoms with van der Waals surface area (Å²) in [7, 11) is 0. The van der Waals surface area contributed by atoms with Gasteiger partial charge < -0.3 is 5.11 Å². The van der Waals surface area contributed by atoms with E-state index in [1.54, 1.807) is 36.4 Å². The molecule has 0 aromatic heterocycles. The highest BCUT2D eigenvalue weighted by atomic mass is 16.3. The van der Waals surface area contributed by atoms with Gasteiger partial charge in [-0.05, 0) is 36.1 Å². The van der Waals surface area contributed by atoms with Gasteiger partial charge in [-0.25, -0.2) is 0 Å². The summed E-state index contributed by atoms with van der Waals surface area (Å²) in [6.07, 6.45) is 0.220. The normalized spacial score (nSPS) is 12.7. The molecule has 0 bridgehead atoms. The average molecular weight is 417 g/mol. The summed E-state index contributed by atoms with van der Waals surface area (Å²) in [4.78, 5) is 50.8. The number of nitrogens with one attached hydrogen (secondary N) is 2. The topological polar surface area (TPSA) is 116 Å². The molecule has 3 N–H and O–H groups in total. The van der Waals surface area contributed by atoms with Gasteiger partial charge in [0.2, 0.25) is 5.91 Å². The van der Waals surface area contributed by atoms with Crippen molar-refractivity contribution in [2.24, 2.45) is 0 Å². The molecule has 8 heteroatoms. The van der Waals surface area contributed by atoms with Crippen molar-refractivity contribution in [3.05, 3.63) is 77.4 Å². The fraction of sp³-hybridized carbons (Fsp3) is 0.130. The number of hydrazine groups is 1. The zero-order valence-electron chi connectivity index (χ0n) is 16.4. The average Bonchev–Trinajstić information content (AvgIpc) is 2.78. The summed E-state index contributed by atoms with van der Waals surface area (Å²) < 4.78 is 0. The molecule has 0 saturated carbocycles. The molecule has 0 aliphatic carbocycles. The molecular formula is C23H19N3O5. The summed E-state index contributed by atoms with van der Waals surface area (Å²) in [5.41, 5.74) is 5.45. The SMILES string of the molecule is O=C(CCCN1C(=O)c2cccc3cccc(c23)C1=O)NNC(=O)c1ccccc1O. The minimum absolute atomic E-state index is 0.00996. The van der Waals surface area contributed by atoms with E-state index >= 15 is 0 Å². The van der Waals surface area contributed by atoms with Gasteiger partial charge in [0.15, 0.2) is 0 Å². The smallest absolute Gasteiger partial charge is 0.273 e. The Morgan fingerprint density at radius 1 is 0.839 bits per heavy atom. The van der Waals surface area contributed by atoms with Crippen molar-refractivity contribution < 1.29 is 24.3 Å². The van der Waals surface area contributed by atoms with Gasteiger partial charge in [-0.1, -0.05) is 36.4 Å². The number of aromatic hydroxyl groups is 1. The van der Waals surface area contributed by atoms with Crippen LogP contribution in [-0.2, 0) is 4.79 Å². The number of phenols is 1. The second-order valence-corrected chi connectivity index (χ2v) is 7.09. The maximum atomic E-state index is 12.8. The van der Waals surface area contributed by atoms with Crippen molar-refractivity contribution in [3.63, 3.8) is 0 Å². The molecule has 4 amide bonds. The van der Waals surface area contributed by atoms with Crippen LogP contribution in [0.2, 0.25) is 0 Å². The zero-order valence-corrected chi connectivity index (χ0v) is 16.4. The van der Waals surface area contributed by atoms with E-state index in [1.807, 2.05) is 12.1 Å². The van der Waals surface area contributed by atoms with E-state index in [2.05, 4.69) is 10.9 Å². The Kier molecular flexibility index (Phi) is 5.36. The summed E-state index contributed by atoms with van der Waals surface area (Å²) in [6.45, 7) is 0.0726. The van der Waals surface area contributed by atoms with Crippen LogP contribution < -0.4 is 10.9 Å². The number of hydrogen-bond acceptors (Lipinski definition) is 5. The molecule has 0 radical (unpaired) electrons. The first kappa shape index (κ1) is 20.1. The van der Waals surface area contributed by atoms with Crippen LogP contribution in [-0.4, -0.2) is 40.2 Å². The lowest BCUT2D eigenvalue weighted by molar-refractivity contribution is -0.122. The van der Waals surface area contributed by atoms with Gasteiger partial charge in [0.1, 0.15) is 5.75 Å². The number of para-hydroxylation sites is 1. The third-order valence-corrected chi connectivity index (χ3v) is 5.11. The number of phenolic OH excluding ortho intramolecular Hbond substituents is 1. The monoisotopic (exact) mass is 417 g/mol. The molecule has 1 aliphatic heterocycles. The van der Waals surface area contributed by atoms with Gasteiger partial charge in [0, 0.05) is 29.5 Å². The molecule has 8 nitrogen and oxygen atoms in total. The molecule has 0 saturated heterocycles. The first-order chi connectivity index (χ1) is 15.0. The lowest BCUT2D eigenvalue weighted by atomic mass is 9.94. The van der Waals surface area contributed by atoms with Gasteiger partial charge in [0.05, 0.1) is 5.56 Å². The predicted octanol–water partition coefficient (Wildman–Crippen LogP) is 2.38. The molecular weight excluding hydrogens is 398 g/mol. The van der Waals surface area contributed by atoms with Gasteiger partial charge in [0.25, 0.3) is 17.7 Å². The van der Waals surface area contributed by atoms with Crippen LogP contribution in [0.25, 0.3) is 10.8 Å². The van der Waals surface area contributed by atoms with Crippen molar-refractivity contribution in [2.45, 2.75) is 12.8 Å². The van der Waals surface area contributed by atoms with Gasteiger partial charge >= 0.3 is 0 Å².